The lowest BCUT2D eigenvalue weighted by molar-refractivity contribution is -0.134. The molecule has 2 heterocycles. The number of hydrogen-bond donors (Lipinski definition) is 3. The van der Waals surface area contributed by atoms with Crippen LogP contribution in [-0.4, -0.2) is 53.6 Å². The highest BCUT2D eigenvalue weighted by molar-refractivity contribution is 5.99. The summed E-state index contributed by atoms with van der Waals surface area (Å²) >= 11 is 0. The van der Waals surface area contributed by atoms with Crippen LogP contribution < -0.4 is 20.7 Å². The summed E-state index contributed by atoms with van der Waals surface area (Å²) in [5, 5.41) is 9.22. The van der Waals surface area contributed by atoms with Crippen LogP contribution in [0.4, 0.5) is 33.2 Å². The van der Waals surface area contributed by atoms with Crippen molar-refractivity contribution in [1.29, 1.82) is 0 Å². The fraction of sp³-hybridized carbons (Fsp3) is 0.286. The van der Waals surface area contributed by atoms with Gasteiger partial charge in [0.25, 0.3) is 0 Å². The minimum Gasteiger partial charge on any atom is -0.495 e. The maximum absolute atomic E-state index is 12.7. The zero-order valence-corrected chi connectivity index (χ0v) is 21.5. The average Bonchev–Trinajstić information content (AvgIpc) is 2.92. The number of aromatic nitrogens is 2. The molecule has 0 radical (unpaired) electrons. The molecule has 0 saturated carbocycles. The van der Waals surface area contributed by atoms with Gasteiger partial charge < -0.3 is 25.6 Å². The van der Waals surface area contributed by atoms with Crippen molar-refractivity contribution in [2.24, 2.45) is 0 Å². The monoisotopic (exact) mass is 518 g/mol. The van der Waals surface area contributed by atoms with E-state index in [0.29, 0.717) is 41.9 Å². The summed E-state index contributed by atoms with van der Waals surface area (Å²) in [5.74, 6) is 1.31. The molecule has 3 aromatic rings. The fourth-order valence-electron chi connectivity index (χ4n) is 4.32. The van der Waals surface area contributed by atoms with E-state index in [4.69, 9.17) is 4.74 Å². The second-order valence-corrected chi connectivity index (χ2v) is 8.97. The molecule has 1 aromatic heterocycles. The SMILES string of the molecule is C=CC(=O)Nc1cccc(Nc2nc(Nc3ccc(C4CCN(CCF)C(=O)C4)cc3OC)ncc2C)c1. The Morgan fingerprint density at radius 2 is 2.05 bits per heavy atom. The molecule has 1 fully saturated rings. The number of alkyl halides is 1. The number of piperidine rings is 1. The Morgan fingerprint density at radius 1 is 1.24 bits per heavy atom. The van der Waals surface area contributed by atoms with Crippen molar-refractivity contribution in [3.8, 4) is 5.75 Å². The van der Waals surface area contributed by atoms with E-state index in [0.717, 1.165) is 23.2 Å². The van der Waals surface area contributed by atoms with Crippen LogP contribution in [0.5, 0.6) is 5.75 Å². The van der Waals surface area contributed by atoms with Crippen molar-refractivity contribution < 1.29 is 18.7 Å². The number of methoxy groups -OCH3 is 1. The molecule has 198 valence electrons. The predicted octanol–water partition coefficient (Wildman–Crippen LogP) is 5.08. The van der Waals surface area contributed by atoms with Gasteiger partial charge in [-0.15, -0.1) is 0 Å². The summed E-state index contributed by atoms with van der Waals surface area (Å²) in [5.41, 5.74) is 3.89. The number of rotatable bonds is 10. The van der Waals surface area contributed by atoms with Crippen LogP contribution in [0.25, 0.3) is 0 Å². The summed E-state index contributed by atoms with van der Waals surface area (Å²) in [6.45, 7) is 5.54. The molecule has 2 amide bonds. The van der Waals surface area contributed by atoms with Crippen LogP contribution in [0.15, 0.2) is 61.3 Å². The molecule has 1 saturated heterocycles. The van der Waals surface area contributed by atoms with Crippen LogP contribution in [0, 0.1) is 6.92 Å². The second-order valence-electron chi connectivity index (χ2n) is 8.97. The topological polar surface area (TPSA) is 108 Å². The number of anilines is 5. The predicted molar refractivity (Wildman–Crippen MR) is 146 cm³/mol. The summed E-state index contributed by atoms with van der Waals surface area (Å²) in [4.78, 5) is 34.6. The van der Waals surface area contributed by atoms with Gasteiger partial charge in [0.1, 0.15) is 18.2 Å². The molecule has 1 unspecified atom stereocenters. The van der Waals surface area contributed by atoms with Gasteiger partial charge in [-0.3, -0.25) is 9.59 Å². The molecular formula is C28H31FN6O3. The van der Waals surface area contributed by atoms with E-state index in [1.54, 1.807) is 30.3 Å². The smallest absolute Gasteiger partial charge is 0.247 e. The van der Waals surface area contributed by atoms with Gasteiger partial charge in [-0.25, -0.2) is 9.37 Å². The van der Waals surface area contributed by atoms with E-state index in [2.05, 4.69) is 32.5 Å². The molecule has 0 aliphatic carbocycles. The molecule has 2 aromatic carbocycles. The molecule has 4 rings (SSSR count). The van der Waals surface area contributed by atoms with Crippen molar-refractivity contribution in [2.45, 2.75) is 25.7 Å². The maximum atomic E-state index is 12.7. The highest BCUT2D eigenvalue weighted by Crippen LogP contribution is 2.35. The summed E-state index contributed by atoms with van der Waals surface area (Å²) in [7, 11) is 1.58. The molecule has 0 spiro atoms. The van der Waals surface area contributed by atoms with Gasteiger partial charge in [0.2, 0.25) is 17.8 Å². The summed E-state index contributed by atoms with van der Waals surface area (Å²) in [6.07, 6.45) is 4.05. The summed E-state index contributed by atoms with van der Waals surface area (Å²) < 4.78 is 18.3. The minimum atomic E-state index is -0.525. The van der Waals surface area contributed by atoms with Crippen molar-refractivity contribution in [1.82, 2.24) is 14.9 Å². The highest BCUT2D eigenvalue weighted by Gasteiger charge is 2.27. The molecular weight excluding hydrogens is 487 g/mol. The zero-order valence-electron chi connectivity index (χ0n) is 21.5. The van der Waals surface area contributed by atoms with Gasteiger partial charge >= 0.3 is 0 Å². The average molecular weight is 519 g/mol. The highest BCUT2D eigenvalue weighted by atomic mass is 19.1. The molecule has 1 aliphatic rings. The Labute approximate surface area is 221 Å². The third-order valence-corrected chi connectivity index (χ3v) is 6.37. The van der Waals surface area contributed by atoms with Gasteiger partial charge in [-0.1, -0.05) is 18.7 Å². The number of nitrogens with zero attached hydrogens (tertiary/aromatic N) is 3. The van der Waals surface area contributed by atoms with E-state index in [1.165, 1.54) is 6.08 Å². The maximum Gasteiger partial charge on any atom is 0.247 e. The van der Waals surface area contributed by atoms with Crippen LogP contribution >= 0.6 is 0 Å². The number of ether oxygens (including phenoxy) is 1. The lowest BCUT2D eigenvalue weighted by atomic mass is 9.88. The van der Waals surface area contributed by atoms with Gasteiger partial charge in [0.15, 0.2) is 0 Å². The number of halogens is 1. The van der Waals surface area contributed by atoms with Crippen LogP contribution in [0.1, 0.15) is 29.9 Å². The molecule has 0 bridgehead atoms. The Kier molecular flexibility index (Phi) is 8.52. The number of carbonyl (C=O) groups is 2. The van der Waals surface area contributed by atoms with E-state index in [1.807, 2.05) is 37.3 Å². The molecule has 10 heteroatoms. The van der Waals surface area contributed by atoms with Crippen molar-refractivity contribution in [3.05, 3.63) is 72.4 Å². The van der Waals surface area contributed by atoms with E-state index < -0.39 is 6.67 Å². The Bertz CT molecular complexity index is 1330. The lowest BCUT2D eigenvalue weighted by Gasteiger charge is -2.31. The van der Waals surface area contributed by atoms with Gasteiger partial charge in [-0.05, 0) is 61.2 Å². The minimum absolute atomic E-state index is 0.0261. The van der Waals surface area contributed by atoms with Crippen LogP contribution in [0.3, 0.4) is 0 Å². The first-order chi connectivity index (χ1) is 18.4. The zero-order chi connectivity index (χ0) is 27.1. The largest absolute Gasteiger partial charge is 0.495 e. The van der Waals surface area contributed by atoms with Crippen LogP contribution in [-0.2, 0) is 9.59 Å². The van der Waals surface area contributed by atoms with E-state index in [-0.39, 0.29) is 24.3 Å². The van der Waals surface area contributed by atoms with Gasteiger partial charge in [0.05, 0.1) is 12.8 Å². The summed E-state index contributed by atoms with van der Waals surface area (Å²) in [6, 6.07) is 13.0. The molecule has 1 atom stereocenters. The number of nitrogens with one attached hydrogen (secondary N) is 3. The first-order valence-corrected chi connectivity index (χ1v) is 12.3. The quantitative estimate of drug-likeness (QED) is 0.321. The lowest BCUT2D eigenvalue weighted by Crippen LogP contribution is -2.39. The first-order valence-electron chi connectivity index (χ1n) is 12.3. The Hall–Kier alpha value is -4.47. The standard InChI is InChI=1S/C28H31FN6O3/c1-4-25(36)31-21-6-5-7-22(16-21)32-27-18(2)17-30-28(34-27)33-23-9-8-19(14-24(23)38-3)20-10-12-35(13-11-29)26(37)15-20/h4-9,14,16-17,20H,1,10-13,15H2,2-3H3,(H,31,36)(H2,30,32,33,34). The van der Waals surface area contributed by atoms with Gasteiger partial charge in [-0.2, -0.15) is 4.98 Å². The van der Waals surface area contributed by atoms with Crippen molar-refractivity contribution in [3.63, 3.8) is 0 Å². The normalized spacial score (nSPS) is 15.1. The second kappa shape index (κ2) is 12.2. The molecule has 9 nitrogen and oxygen atoms in total. The number of amides is 2. The van der Waals surface area contributed by atoms with E-state index in [9.17, 15) is 14.0 Å². The number of benzene rings is 2. The van der Waals surface area contributed by atoms with Crippen molar-refractivity contribution in [2.75, 3.05) is 42.8 Å². The fourth-order valence-corrected chi connectivity index (χ4v) is 4.32. The van der Waals surface area contributed by atoms with E-state index >= 15 is 0 Å². The number of aryl methyl sites for hydroxylation is 1. The molecule has 1 aliphatic heterocycles. The van der Waals surface area contributed by atoms with Crippen molar-refractivity contribution >= 4 is 40.6 Å². The third kappa shape index (κ3) is 6.44. The van der Waals surface area contributed by atoms with Gasteiger partial charge in [0, 0.05) is 42.6 Å². The third-order valence-electron chi connectivity index (χ3n) is 6.37. The number of carbonyl (C=O) groups excluding carboxylic acids is 2. The van der Waals surface area contributed by atoms with Crippen LogP contribution in [0.2, 0.25) is 0 Å². The Morgan fingerprint density at radius 3 is 2.79 bits per heavy atom. The number of hydrogen-bond acceptors (Lipinski definition) is 7. The molecule has 3 N–H and O–H groups in total. The number of likely N-dealkylation sites (tertiary alicyclic amines) is 1. The first kappa shape index (κ1) is 26.6. The molecule has 38 heavy (non-hydrogen) atoms. The Balaban J connectivity index is 1.49.